The van der Waals surface area contributed by atoms with Gasteiger partial charge in [-0.15, -0.1) is 0 Å². The molecule has 94 valence electrons. The van der Waals surface area contributed by atoms with Crippen molar-refractivity contribution in [3.63, 3.8) is 0 Å². The third kappa shape index (κ3) is 3.17. The summed E-state index contributed by atoms with van der Waals surface area (Å²) >= 11 is 0. The van der Waals surface area contributed by atoms with Gasteiger partial charge in [-0.05, 0) is 43.3 Å². The van der Waals surface area contributed by atoms with Gasteiger partial charge in [0.05, 0.1) is 11.8 Å². The lowest BCUT2D eigenvalue weighted by Gasteiger charge is -2.03. The topological polar surface area (TPSA) is 66.9 Å². The zero-order chi connectivity index (χ0) is 13.7. The number of pyridine rings is 1. The highest BCUT2D eigenvalue weighted by atomic mass is 16.3. The van der Waals surface area contributed by atoms with Gasteiger partial charge in [0.2, 0.25) is 0 Å². The molecule has 2 aromatic rings. The Morgan fingerprint density at radius 3 is 2.84 bits per heavy atom. The number of allylic oxidation sites excluding steroid dienone is 1. The molecule has 0 radical (unpaired) electrons. The number of aromatic nitrogens is 1. The maximum atomic E-state index is 12.0. The number of aryl methyl sites for hydroxylation is 1. The molecule has 4 heteroatoms. The second-order valence-corrected chi connectivity index (χ2v) is 4.00. The lowest BCUT2D eigenvalue weighted by Crippen LogP contribution is -2.09. The van der Waals surface area contributed by atoms with Crippen molar-refractivity contribution in [3.8, 4) is 6.07 Å². The van der Waals surface area contributed by atoms with Crippen LogP contribution in [0.2, 0.25) is 0 Å². The normalized spacial score (nSPS) is 12.2. The minimum absolute atomic E-state index is 0.310. The second kappa shape index (κ2) is 5.78. The SMILES string of the molecule is Cc1ccc(/C=C\C(=O)[C@H](C#N)c2ccccn2)o1. The van der Waals surface area contributed by atoms with E-state index in [-0.39, 0.29) is 5.78 Å². The standard InChI is InChI=1S/C15H12N2O2/c1-11-5-6-12(19-11)7-8-15(18)13(10-16)14-4-2-3-9-17-14/h2-9,13H,1H3/b8-7-/t13-/m1/s1. The predicted octanol–water partition coefficient (Wildman–Crippen LogP) is 2.87. The molecule has 0 saturated carbocycles. The summed E-state index contributed by atoms with van der Waals surface area (Å²) in [6, 6.07) is 10.7. The first-order valence-electron chi connectivity index (χ1n) is 5.79. The zero-order valence-electron chi connectivity index (χ0n) is 10.4. The second-order valence-electron chi connectivity index (χ2n) is 4.00. The van der Waals surface area contributed by atoms with Crippen LogP contribution >= 0.6 is 0 Å². The van der Waals surface area contributed by atoms with Crippen molar-refractivity contribution >= 4 is 11.9 Å². The van der Waals surface area contributed by atoms with Crippen LogP contribution in [0.4, 0.5) is 0 Å². The fraction of sp³-hybridized carbons (Fsp3) is 0.133. The van der Waals surface area contributed by atoms with Crippen LogP contribution in [0, 0.1) is 18.3 Å². The Balaban J connectivity index is 2.15. The molecule has 1 atom stereocenters. The smallest absolute Gasteiger partial charge is 0.179 e. The molecular formula is C15H12N2O2. The van der Waals surface area contributed by atoms with E-state index in [0.29, 0.717) is 11.5 Å². The number of nitriles is 1. The lowest BCUT2D eigenvalue weighted by atomic mass is 10.0. The van der Waals surface area contributed by atoms with Crippen LogP contribution in [0.5, 0.6) is 0 Å². The Kier molecular flexibility index (Phi) is 3.89. The monoisotopic (exact) mass is 252 g/mol. The van der Waals surface area contributed by atoms with Crippen molar-refractivity contribution in [2.45, 2.75) is 12.8 Å². The quantitative estimate of drug-likeness (QED) is 0.785. The van der Waals surface area contributed by atoms with E-state index in [1.165, 1.54) is 6.08 Å². The molecule has 0 N–H and O–H groups in total. The van der Waals surface area contributed by atoms with Crippen molar-refractivity contribution in [2.24, 2.45) is 0 Å². The van der Waals surface area contributed by atoms with Gasteiger partial charge in [-0.3, -0.25) is 9.78 Å². The summed E-state index contributed by atoms with van der Waals surface area (Å²) in [6.07, 6.45) is 4.47. The highest BCUT2D eigenvalue weighted by Crippen LogP contribution is 2.15. The van der Waals surface area contributed by atoms with Gasteiger partial charge in [-0.1, -0.05) is 6.07 Å². The Morgan fingerprint density at radius 2 is 2.26 bits per heavy atom. The molecule has 0 spiro atoms. The van der Waals surface area contributed by atoms with E-state index in [1.54, 1.807) is 36.5 Å². The molecule has 0 unspecified atom stereocenters. The van der Waals surface area contributed by atoms with Gasteiger partial charge in [0, 0.05) is 6.20 Å². The summed E-state index contributed by atoms with van der Waals surface area (Å²) in [6.45, 7) is 1.82. The van der Waals surface area contributed by atoms with Crippen LogP contribution < -0.4 is 0 Å². The molecule has 0 bridgehead atoms. The number of hydrogen-bond donors (Lipinski definition) is 0. The fourth-order valence-corrected chi connectivity index (χ4v) is 1.63. The van der Waals surface area contributed by atoms with Gasteiger partial charge in [-0.25, -0.2) is 0 Å². The molecule has 19 heavy (non-hydrogen) atoms. The van der Waals surface area contributed by atoms with E-state index in [4.69, 9.17) is 9.68 Å². The van der Waals surface area contributed by atoms with Crippen LogP contribution in [0.3, 0.4) is 0 Å². The Bertz CT molecular complexity index is 636. The summed E-state index contributed by atoms with van der Waals surface area (Å²) in [5.41, 5.74) is 0.454. The van der Waals surface area contributed by atoms with E-state index in [0.717, 1.165) is 5.76 Å². The molecule has 2 rings (SSSR count). The predicted molar refractivity (Wildman–Crippen MR) is 70.1 cm³/mol. The Labute approximate surface area is 111 Å². The summed E-state index contributed by atoms with van der Waals surface area (Å²) in [4.78, 5) is 16.0. The van der Waals surface area contributed by atoms with Crippen LogP contribution in [0.25, 0.3) is 6.08 Å². The van der Waals surface area contributed by atoms with Gasteiger partial charge in [0.1, 0.15) is 11.5 Å². The number of ketones is 1. The molecule has 0 fully saturated rings. The summed E-state index contributed by atoms with van der Waals surface area (Å²) in [5.74, 6) is 0.168. The van der Waals surface area contributed by atoms with Crippen molar-refractivity contribution < 1.29 is 9.21 Å². The van der Waals surface area contributed by atoms with Gasteiger partial charge in [0.15, 0.2) is 11.7 Å². The molecule has 0 amide bonds. The minimum Gasteiger partial charge on any atom is -0.462 e. The number of nitrogens with zero attached hydrogens (tertiary/aromatic N) is 2. The van der Waals surface area contributed by atoms with E-state index < -0.39 is 5.92 Å². The van der Waals surface area contributed by atoms with Gasteiger partial charge >= 0.3 is 0 Å². The number of rotatable bonds is 4. The molecule has 2 heterocycles. The average molecular weight is 252 g/mol. The highest BCUT2D eigenvalue weighted by molar-refractivity contribution is 5.99. The maximum absolute atomic E-state index is 12.0. The molecule has 0 aliphatic carbocycles. The first-order chi connectivity index (χ1) is 9.20. The van der Waals surface area contributed by atoms with E-state index in [9.17, 15) is 4.79 Å². The molecule has 0 saturated heterocycles. The number of furan rings is 1. The molecule has 0 aliphatic rings. The maximum Gasteiger partial charge on any atom is 0.179 e. The van der Waals surface area contributed by atoms with E-state index >= 15 is 0 Å². The first kappa shape index (κ1) is 12.8. The molecule has 2 aromatic heterocycles. The first-order valence-corrected chi connectivity index (χ1v) is 5.79. The van der Waals surface area contributed by atoms with Crippen molar-refractivity contribution in [3.05, 3.63) is 59.8 Å². The molecule has 0 aliphatic heterocycles. The third-order valence-corrected chi connectivity index (χ3v) is 2.57. The number of carbonyl (C=O) groups excluding carboxylic acids is 1. The minimum atomic E-state index is -0.881. The fourth-order valence-electron chi connectivity index (χ4n) is 1.63. The van der Waals surface area contributed by atoms with Crippen LogP contribution in [0.15, 0.2) is 47.0 Å². The Hall–Kier alpha value is -2.67. The summed E-state index contributed by atoms with van der Waals surface area (Å²) in [7, 11) is 0. The number of hydrogen-bond acceptors (Lipinski definition) is 4. The highest BCUT2D eigenvalue weighted by Gasteiger charge is 2.18. The molecule has 0 aromatic carbocycles. The average Bonchev–Trinajstić information content (AvgIpc) is 2.84. The van der Waals surface area contributed by atoms with E-state index in [2.05, 4.69) is 4.98 Å². The molecular weight excluding hydrogens is 240 g/mol. The van der Waals surface area contributed by atoms with Crippen molar-refractivity contribution in [2.75, 3.05) is 0 Å². The van der Waals surface area contributed by atoms with Gasteiger partial charge in [0.25, 0.3) is 0 Å². The van der Waals surface area contributed by atoms with Gasteiger partial charge in [-0.2, -0.15) is 5.26 Å². The Morgan fingerprint density at radius 1 is 1.42 bits per heavy atom. The van der Waals surface area contributed by atoms with Crippen LogP contribution in [-0.2, 0) is 4.79 Å². The van der Waals surface area contributed by atoms with Gasteiger partial charge < -0.3 is 4.42 Å². The van der Waals surface area contributed by atoms with Crippen molar-refractivity contribution in [1.29, 1.82) is 5.26 Å². The summed E-state index contributed by atoms with van der Waals surface area (Å²) in [5, 5.41) is 9.08. The molecule has 4 nitrogen and oxygen atoms in total. The third-order valence-electron chi connectivity index (χ3n) is 2.57. The van der Waals surface area contributed by atoms with Crippen molar-refractivity contribution in [1.82, 2.24) is 4.98 Å². The lowest BCUT2D eigenvalue weighted by molar-refractivity contribution is -0.114. The largest absolute Gasteiger partial charge is 0.462 e. The van der Waals surface area contributed by atoms with Crippen LogP contribution in [-0.4, -0.2) is 10.8 Å². The van der Waals surface area contributed by atoms with E-state index in [1.807, 2.05) is 19.1 Å². The van der Waals surface area contributed by atoms with Crippen LogP contribution in [0.1, 0.15) is 23.1 Å². The summed E-state index contributed by atoms with van der Waals surface area (Å²) < 4.78 is 5.32. The number of carbonyl (C=O) groups is 1. The zero-order valence-corrected chi connectivity index (χ0v) is 10.4.